The van der Waals surface area contributed by atoms with Gasteiger partial charge >= 0.3 is 11.9 Å². The number of hydrogen-bond acceptors (Lipinski definition) is 10. The Morgan fingerprint density at radius 1 is 0.645 bits per heavy atom. The number of carboxylic acid groups (broad SMARTS) is 1. The average Bonchev–Trinajstić information content (AvgIpc) is 3.25. The lowest BCUT2D eigenvalue weighted by molar-refractivity contribution is -0.143. The second kappa shape index (κ2) is 22.3. The van der Waals surface area contributed by atoms with Crippen molar-refractivity contribution in [2.24, 2.45) is 11.8 Å². The fraction of sp³-hybridized carbons (Fsp3) is 0.529. The SMILES string of the molecule is COCOc1ccc(Cc2c(C)cc(OCC(=O)OC)c(C)c2C)nc1C1CCCC(C)C1.Cc1cc(OCC(=O)O)c(C)c(C)c1Cc1ccc(O)c(C2CCCC(C)C2)n1. The number of aromatic hydroxyl groups is 1. The average molecular weight is 853 g/mol. The summed E-state index contributed by atoms with van der Waals surface area (Å²) in [7, 11) is 3.00. The number of carbonyl (C=O) groups is 2. The number of carbonyl (C=O) groups excluding carboxylic acids is 1. The molecule has 2 heterocycles. The Balaban J connectivity index is 0.000000236. The van der Waals surface area contributed by atoms with Crippen molar-refractivity contribution >= 4 is 11.9 Å². The van der Waals surface area contributed by atoms with E-state index in [1.165, 1.54) is 43.9 Å². The van der Waals surface area contributed by atoms with Crippen molar-refractivity contribution in [2.45, 2.75) is 131 Å². The molecule has 2 aliphatic carbocycles. The van der Waals surface area contributed by atoms with E-state index in [-0.39, 0.29) is 20.0 Å². The highest BCUT2D eigenvalue weighted by atomic mass is 16.7. The molecule has 0 amide bonds. The molecule has 2 aliphatic rings. The van der Waals surface area contributed by atoms with E-state index in [0.717, 1.165) is 94.0 Å². The molecule has 2 N–H and O–H groups in total. The minimum Gasteiger partial charge on any atom is -0.506 e. The molecule has 2 aromatic heterocycles. The summed E-state index contributed by atoms with van der Waals surface area (Å²) in [5.74, 6) is 3.20. The molecular weight excluding hydrogens is 785 g/mol. The van der Waals surface area contributed by atoms with Gasteiger partial charge in [0.2, 0.25) is 0 Å². The number of esters is 1. The maximum Gasteiger partial charge on any atom is 0.343 e. The van der Waals surface area contributed by atoms with Crippen LogP contribution in [0.1, 0.15) is 144 Å². The molecule has 62 heavy (non-hydrogen) atoms. The molecule has 4 atom stereocenters. The van der Waals surface area contributed by atoms with Gasteiger partial charge in [0.1, 0.15) is 23.0 Å². The van der Waals surface area contributed by atoms with Crippen molar-refractivity contribution in [1.29, 1.82) is 0 Å². The maximum absolute atomic E-state index is 11.5. The molecule has 0 aliphatic heterocycles. The fourth-order valence-corrected chi connectivity index (χ4v) is 9.15. The summed E-state index contributed by atoms with van der Waals surface area (Å²) in [6.07, 6.45) is 10.8. The zero-order valence-corrected chi connectivity index (χ0v) is 38.6. The van der Waals surface area contributed by atoms with Gasteiger partial charge in [0, 0.05) is 43.2 Å². The summed E-state index contributed by atoms with van der Waals surface area (Å²) < 4.78 is 26.8. The van der Waals surface area contributed by atoms with E-state index in [2.05, 4.69) is 38.5 Å². The minimum atomic E-state index is -0.985. The first-order valence-corrected chi connectivity index (χ1v) is 22.1. The van der Waals surface area contributed by atoms with Crippen LogP contribution in [0.2, 0.25) is 0 Å². The number of aliphatic carboxylic acids is 1. The van der Waals surface area contributed by atoms with Crippen LogP contribution < -0.4 is 14.2 Å². The van der Waals surface area contributed by atoms with Crippen LogP contribution in [0.15, 0.2) is 36.4 Å². The van der Waals surface area contributed by atoms with E-state index >= 15 is 0 Å². The van der Waals surface area contributed by atoms with Crippen LogP contribution in [0.5, 0.6) is 23.0 Å². The molecule has 2 aromatic carbocycles. The summed E-state index contributed by atoms with van der Waals surface area (Å²) >= 11 is 0. The molecule has 4 aromatic rings. The standard InChI is InChI=1S/C27H37NO5.C24H31NO4/c1-17-8-7-9-21(12-17)27-24(33-16-30-5)11-10-22(28-27)14-23-18(2)13-25(20(4)19(23)3)32-15-26(29)31-6;1-14-6-5-7-18(10-14)24-21(26)9-8-19(25-24)12-20-15(2)11-22(17(4)16(20)3)29-13-23(27)28/h10-11,13,17,21H,7-9,12,14-16H2,1-6H3;8-9,11,14,18,26H,5-7,10,12-13H2,1-4H3,(H,27,28). The van der Waals surface area contributed by atoms with Gasteiger partial charge in [-0.1, -0.05) is 39.5 Å². The predicted molar refractivity (Wildman–Crippen MR) is 241 cm³/mol. The lowest BCUT2D eigenvalue weighted by atomic mass is 9.80. The second-order valence-electron chi connectivity index (χ2n) is 17.6. The van der Waals surface area contributed by atoms with Gasteiger partial charge in [-0.15, -0.1) is 0 Å². The number of aromatic nitrogens is 2. The normalized spacial score (nSPS) is 18.6. The molecule has 0 saturated heterocycles. The van der Waals surface area contributed by atoms with Crippen LogP contribution in [0.25, 0.3) is 0 Å². The third kappa shape index (κ3) is 12.5. The third-order valence-electron chi connectivity index (χ3n) is 12.9. The topological polar surface area (TPSA) is 147 Å². The van der Waals surface area contributed by atoms with Crippen LogP contribution in [-0.4, -0.2) is 66.3 Å². The Hall–Kier alpha value is -5.16. The van der Waals surface area contributed by atoms with E-state index in [9.17, 15) is 14.7 Å². The van der Waals surface area contributed by atoms with Crippen molar-refractivity contribution in [1.82, 2.24) is 9.97 Å². The molecule has 336 valence electrons. The number of benzene rings is 2. The molecule has 4 unspecified atom stereocenters. The molecule has 6 rings (SSSR count). The number of carboxylic acids is 1. The van der Waals surface area contributed by atoms with Crippen LogP contribution >= 0.6 is 0 Å². The highest BCUT2D eigenvalue weighted by Crippen LogP contribution is 2.41. The highest BCUT2D eigenvalue weighted by molar-refractivity contribution is 5.71. The molecule has 11 heteroatoms. The van der Waals surface area contributed by atoms with E-state index in [4.69, 9.17) is 34.0 Å². The van der Waals surface area contributed by atoms with Crippen molar-refractivity contribution in [3.63, 3.8) is 0 Å². The second-order valence-corrected chi connectivity index (χ2v) is 17.6. The maximum atomic E-state index is 11.5. The summed E-state index contributed by atoms with van der Waals surface area (Å²) in [5.41, 5.74) is 12.7. The Morgan fingerprint density at radius 2 is 1.15 bits per heavy atom. The molecule has 0 bridgehead atoms. The monoisotopic (exact) mass is 852 g/mol. The Morgan fingerprint density at radius 3 is 1.65 bits per heavy atom. The van der Waals surface area contributed by atoms with Gasteiger partial charge in [-0.2, -0.15) is 0 Å². The van der Waals surface area contributed by atoms with Gasteiger partial charge in [0.25, 0.3) is 0 Å². The number of aryl methyl sites for hydroxylation is 2. The van der Waals surface area contributed by atoms with Gasteiger partial charge in [-0.25, -0.2) is 9.59 Å². The summed E-state index contributed by atoms with van der Waals surface area (Å²) in [6.45, 7) is 16.6. The highest BCUT2D eigenvalue weighted by Gasteiger charge is 2.27. The molecular formula is C51H68N2O9. The van der Waals surface area contributed by atoms with E-state index in [1.54, 1.807) is 13.2 Å². The van der Waals surface area contributed by atoms with Crippen molar-refractivity contribution in [3.8, 4) is 23.0 Å². The zero-order chi connectivity index (χ0) is 45.1. The number of methoxy groups -OCH3 is 2. The molecule has 2 fully saturated rings. The van der Waals surface area contributed by atoms with Crippen molar-refractivity contribution < 1.29 is 43.5 Å². The first-order valence-electron chi connectivity index (χ1n) is 22.1. The first-order chi connectivity index (χ1) is 29.6. The smallest absolute Gasteiger partial charge is 0.343 e. The quantitative estimate of drug-likeness (QED) is 0.0870. The lowest BCUT2D eigenvalue weighted by Gasteiger charge is -2.28. The van der Waals surface area contributed by atoms with E-state index in [0.29, 0.717) is 47.3 Å². The third-order valence-corrected chi connectivity index (χ3v) is 12.9. The predicted octanol–water partition coefficient (Wildman–Crippen LogP) is 10.5. The van der Waals surface area contributed by atoms with Crippen LogP contribution in [0.4, 0.5) is 0 Å². The number of ether oxygens (including phenoxy) is 5. The van der Waals surface area contributed by atoms with Crippen LogP contribution in [0.3, 0.4) is 0 Å². The fourth-order valence-electron chi connectivity index (χ4n) is 9.15. The van der Waals surface area contributed by atoms with Crippen molar-refractivity contribution in [2.75, 3.05) is 34.2 Å². The Labute approximate surface area is 368 Å². The van der Waals surface area contributed by atoms with Gasteiger partial charge in [0.05, 0.1) is 18.5 Å². The van der Waals surface area contributed by atoms with E-state index < -0.39 is 11.9 Å². The Bertz CT molecular complexity index is 2180. The molecule has 2 saturated carbocycles. The first kappa shape index (κ1) is 47.9. The molecule has 0 radical (unpaired) electrons. The summed E-state index contributed by atoms with van der Waals surface area (Å²) in [4.78, 5) is 32.3. The van der Waals surface area contributed by atoms with E-state index in [1.807, 2.05) is 52.0 Å². The molecule has 11 nitrogen and oxygen atoms in total. The van der Waals surface area contributed by atoms with Crippen LogP contribution in [0, 0.1) is 53.4 Å². The Kier molecular flexibility index (Phi) is 17.2. The van der Waals surface area contributed by atoms with Crippen LogP contribution in [-0.2, 0) is 31.9 Å². The van der Waals surface area contributed by atoms with Gasteiger partial charge in [-0.3, -0.25) is 9.97 Å². The van der Waals surface area contributed by atoms with Crippen molar-refractivity contribution in [3.05, 3.63) is 104 Å². The largest absolute Gasteiger partial charge is 0.506 e. The molecule has 0 spiro atoms. The number of nitrogens with zero attached hydrogens (tertiary/aromatic N) is 2. The van der Waals surface area contributed by atoms with Gasteiger partial charge in [-0.05, 0) is 160 Å². The summed E-state index contributed by atoms with van der Waals surface area (Å²) in [6, 6.07) is 11.7. The lowest BCUT2D eigenvalue weighted by Crippen LogP contribution is -2.16. The number of pyridine rings is 2. The number of hydrogen-bond donors (Lipinski definition) is 2. The van der Waals surface area contributed by atoms with Gasteiger partial charge in [0.15, 0.2) is 20.0 Å². The summed E-state index contributed by atoms with van der Waals surface area (Å²) in [5, 5.41) is 19.3. The number of rotatable bonds is 15. The minimum absolute atomic E-state index is 0.0940. The van der Waals surface area contributed by atoms with Gasteiger partial charge < -0.3 is 33.9 Å². The zero-order valence-electron chi connectivity index (χ0n) is 38.6.